The van der Waals surface area contributed by atoms with Gasteiger partial charge in [-0.05, 0) is 6.42 Å². The van der Waals surface area contributed by atoms with Crippen LogP contribution < -0.4 is 5.32 Å². The van der Waals surface area contributed by atoms with Gasteiger partial charge in [-0.2, -0.15) is 0 Å². The minimum Gasteiger partial charge on any atom is -0.480 e. The number of aliphatic carboxylic acids is 1. The highest BCUT2D eigenvalue weighted by Crippen LogP contribution is 2.13. The first-order chi connectivity index (χ1) is 14.6. The van der Waals surface area contributed by atoms with Crippen molar-refractivity contribution in [3.63, 3.8) is 0 Å². The highest BCUT2D eigenvalue weighted by molar-refractivity contribution is 5.85. The number of carbonyl (C=O) groups is 2. The predicted octanol–water partition coefficient (Wildman–Crippen LogP) is 5.16. The lowest BCUT2D eigenvalue weighted by Crippen LogP contribution is -2.39. The van der Waals surface area contributed by atoms with Gasteiger partial charge in [0.1, 0.15) is 0 Å². The van der Waals surface area contributed by atoms with Gasteiger partial charge in [0.2, 0.25) is 5.91 Å². The van der Waals surface area contributed by atoms with E-state index in [4.69, 9.17) is 10.2 Å². The molecule has 0 fully saturated rings. The quantitative estimate of drug-likeness (QED) is 0.181. The van der Waals surface area contributed by atoms with Gasteiger partial charge >= 0.3 is 5.97 Å². The van der Waals surface area contributed by atoms with Crippen LogP contribution in [0.3, 0.4) is 0 Å². The van der Waals surface area contributed by atoms with E-state index in [1.165, 1.54) is 83.5 Å². The second kappa shape index (κ2) is 25.4. The molecule has 0 aliphatic rings. The molecule has 0 aliphatic heterocycles. The molecule has 0 heterocycles. The molecular weight excluding hydrogens is 416 g/mol. The van der Waals surface area contributed by atoms with E-state index in [0.717, 1.165) is 12.8 Å². The molecule has 0 aromatic heterocycles. The first-order valence-corrected chi connectivity index (χ1v) is 12.4. The Bertz CT molecular complexity index is 411. The number of aliphatic hydroxyl groups is 1. The minimum absolute atomic E-state index is 0. The van der Waals surface area contributed by atoms with Crippen LogP contribution in [0.25, 0.3) is 0 Å². The summed E-state index contributed by atoms with van der Waals surface area (Å²) in [4.78, 5) is 24.2. The van der Waals surface area contributed by atoms with E-state index in [1.807, 2.05) is 0 Å². The third-order valence-electron chi connectivity index (χ3n) is 5.53. The Morgan fingerprint density at radius 3 is 1.61 bits per heavy atom. The Labute approximate surface area is 197 Å². The average Bonchev–Trinajstić information content (AvgIpc) is 2.70. The number of carboxylic acid groups (broad SMARTS) is 1. The second-order valence-electron chi connectivity index (χ2n) is 8.44. The summed E-state index contributed by atoms with van der Waals surface area (Å²) in [5.41, 5.74) is 0. The molecular formula is C24H49ClN2O4. The fourth-order valence-corrected chi connectivity index (χ4v) is 3.70. The lowest BCUT2D eigenvalue weighted by atomic mass is 10.0. The third-order valence-corrected chi connectivity index (χ3v) is 5.53. The topological polar surface area (TPSA) is 89.9 Å². The van der Waals surface area contributed by atoms with Crippen LogP contribution in [0.2, 0.25) is 0 Å². The van der Waals surface area contributed by atoms with Gasteiger partial charge in [0, 0.05) is 26.1 Å². The number of rotatable bonds is 23. The van der Waals surface area contributed by atoms with E-state index in [2.05, 4.69) is 12.2 Å². The van der Waals surface area contributed by atoms with Crippen LogP contribution >= 0.6 is 12.4 Å². The maximum absolute atomic E-state index is 11.8. The number of unbranched alkanes of at least 4 members (excludes halogenated alkanes) is 14. The van der Waals surface area contributed by atoms with E-state index >= 15 is 0 Å². The highest BCUT2D eigenvalue weighted by atomic mass is 35.5. The van der Waals surface area contributed by atoms with Gasteiger partial charge in [-0.3, -0.25) is 14.5 Å². The van der Waals surface area contributed by atoms with Crippen molar-refractivity contribution in [3.8, 4) is 0 Å². The van der Waals surface area contributed by atoms with Crippen molar-refractivity contribution in [1.29, 1.82) is 0 Å². The minimum atomic E-state index is -0.924. The van der Waals surface area contributed by atoms with Gasteiger partial charge in [-0.1, -0.05) is 96.8 Å². The van der Waals surface area contributed by atoms with Crippen LogP contribution in [0.1, 0.15) is 110 Å². The highest BCUT2D eigenvalue weighted by Gasteiger charge is 2.09. The molecule has 0 radical (unpaired) electrons. The van der Waals surface area contributed by atoms with E-state index in [-0.39, 0.29) is 31.5 Å². The number of nitrogens with zero attached hydrogens (tertiary/aromatic N) is 1. The Kier molecular flexibility index (Phi) is 26.5. The molecule has 0 aromatic rings. The molecule has 7 heteroatoms. The zero-order valence-electron chi connectivity index (χ0n) is 19.9. The summed E-state index contributed by atoms with van der Waals surface area (Å²) in [6.45, 7) is 3.24. The second-order valence-corrected chi connectivity index (χ2v) is 8.44. The number of hydrogen-bond acceptors (Lipinski definition) is 4. The summed E-state index contributed by atoms with van der Waals surface area (Å²) in [5, 5.41) is 20.6. The molecule has 0 bridgehead atoms. The monoisotopic (exact) mass is 464 g/mol. The van der Waals surface area contributed by atoms with Crippen molar-refractivity contribution in [2.24, 2.45) is 0 Å². The SMILES string of the molecule is CCCCCCCCCCCCCCCCCC(=O)NCCN(CCO)CC(=O)O.Cl. The van der Waals surface area contributed by atoms with Crippen molar-refractivity contribution in [2.45, 2.75) is 110 Å². The van der Waals surface area contributed by atoms with Crippen molar-refractivity contribution in [1.82, 2.24) is 10.2 Å². The summed E-state index contributed by atoms with van der Waals surface area (Å²) < 4.78 is 0. The number of hydrogen-bond donors (Lipinski definition) is 3. The van der Waals surface area contributed by atoms with Gasteiger partial charge in [0.05, 0.1) is 13.2 Å². The summed E-state index contributed by atoms with van der Waals surface area (Å²) >= 11 is 0. The molecule has 0 aromatic carbocycles. The van der Waals surface area contributed by atoms with Crippen LogP contribution in [0.5, 0.6) is 0 Å². The molecule has 0 aliphatic carbocycles. The molecule has 6 nitrogen and oxygen atoms in total. The fourth-order valence-electron chi connectivity index (χ4n) is 3.70. The average molecular weight is 465 g/mol. The maximum atomic E-state index is 11.8. The van der Waals surface area contributed by atoms with Gasteiger partial charge < -0.3 is 15.5 Å². The number of amides is 1. The van der Waals surface area contributed by atoms with Crippen molar-refractivity contribution >= 4 is 24.3 Å². The largest absolute Gasteiger partial charge is 0.480 e. The first kappa shape index (κ1) is 32.3. The molecule has 0 atom stereocenters. The Hall–Kier alpha value is -0.850. The number of nitrogens with one attached hydrogen (secondary N) is 1. The predicted molar refractivity (Wildman–Crippen MR) is 131 cm³/mol. The number of carbonyl (C=O) groups excluding carboxylic acids is 1. The zero-order valence-corrected chi connectivity index (χ0v) is 20.7. The Morgan fingerprint density at radius 2 is 1.19 bits per heavy atom. The molecule has 31 heavy (non-hydrogen) atoms. The van der Waals surface area contributed by atoms with Gasteiger partial charge in [0.25, 0.3) is 0 Å². The summed E-state index contributed by atoms with van der Waals surface area (Å²) in [5.74, 6) is -0.892. The van der Waals surface area contributed by atoms with Crippen molar-refractivity contribution in [2.75, 3.05) is 32.8 Å². The van der Waals surface area contributed by atoms with E-state index in [0.29, 0.717) is 26.1 Å². The van der Waals surface area contributed by atoms with E-state index in [9.17, 15) is 9.59 Å². The maximum Gasteiger partial charge on any atom is 0.317 e. The van der Waals surface area contributed by atoms with E-state index in [1.54, 1.807) is 4.90 Å². The molecule has 0 saturated carbocycles. The summed E-state index contributed by atoms with van der Waals surface area (Å²) in [6.07, 6.45) is 20.2. The number of carboxylic acids is 1. The fraction of sp³-hybridized carbons (Fsp3) is 0.917. The summed E-state index contributed by atoms with van der Waals surface area (Å²) in [6, 6.07) is 0. The summed E-state index contributed by atoms with van der Waals surface area (Å²) in [7, 11) is 0. The van der Waals surface area contributed by atoms with Crippen LogP contribution in [-0.2, 0) is 9.59 Å². The molecule has 0 unspecified atom stereocenters. The van der Waals surface area contributed by atoms with Gasteiger partial charge in [-0.15, -0.1) is 12.4 Å². The van der Waals surface area contributed by atoms with Gasteiger partial charge in [-0.25, -0.2) is 0 Å². The molecule has 3 N–H and O–H groups in total. The lowest BCUT2D eigenvalue weighted by Gasteiger charge is -2.19. The lowest BCUT2D eigenvalue weighted by molar-refractivity contribution is -0.138. The molecule has 1 amide bonds. The first-order valence-electron chi connectivity index (χ1n) is 12.4. The Morgan fingerprint density at radius 1 is 0.742 bits per heavy atom. The normalized spacial score (nSPS) is 10.8. The van der Waals surface area contributed by atoms with E-state index < -0.39 is 5.97 Å². The van der Waals surface area contributed by atoms with Gasteiger partial charge in [0.15, 0.2) is 0 Å². The van der Waals surface area contributed by atoms with Crippen molar-refractivity contribution in [3.05, 3.63) is 0 Å². The van der Waals surface area contributed by atoms with Crippen LogP contribution in [-0.4, -0.2) is 59.8 Å². The molecule has 0 spiro atoms. The number of aliphatic hydroxyl groups excluding tert-OH is 1. The molecule has 0 rings (SSSR count). The Balaban J connectivity index is 0. The molecule has 186 valence electrons. The smallest absolute Gasteiger partial charge is 0.317 e. The van der Waals surface area contributed by atoms with Crippen LogP contribution in [0, 0.1) is 0 Å². The van der Waals surface area contributed by atoms with Crippen LogP contribution in [0.4, 0.5) is 0 Å². The number of halogens is 1. The third kappa shape index (κ3) is 25.3. The zero-order chi connectivity index (χ0) is 22.3. The van der Waals surface area contributed by atoms with Crippen LogP contribution in [0.15, 0.2) is 0 Å². The standard InChI is InChI=1S/C24H48N2O4.ClH/c1-2-3-4-5-6-7-8-9-10-11-12-13-14-15-16-17-23(28)25-18-19-26(20-21-27)22-24(29)30;/h27H,2-22H2,1H3,(H,25,28)(H,29,30);1H. The van der Waals surface area contributed by atoms with Crippen molar-refractivity contribution < 1.29 is 19.8 Å². The molecule has 0 saturated heterocycles.